The number of nitrogens with zero attached hydrogens (tertiary/aromatic N) is 20. The minimum Gasteiger partial charge on any atom is -0.475 e. The second-order valence-corrected chi connectivity index (χ2v) is 25.6. The Morgan fingerprint density at radius 1 is 0.443 bits per heavy atom. The third-order valence-electron chi connectivity index (χ3n) is 15.5. The van der Waals surface area contributed by atoms with Crippen LogP contribution in [0, 0.1) is 17.7 Å². The highest BCUT2D eigenvalue weighted by molar-refractivity contribution is 6.53. The van der Waals surface area contributed by atoms with Crippen LogP contribution < -0.4 is 57.3 Å². The van der Waals surface area contributed by atoms with Gasteiger partial charge in [0.15, 0.2) is 39.9 Å². The van der Waals surface area contributed by atoms with E-state index in [2.05, 4.69) is 56.0 Å². The van der Waals surface area contributed by atoms with E-state index < -0.39 is 0 Å². The van der Waals surface area contributed by atoms with Crippen LogP contribution >= 0.6 is 11.6 Å². The van der Waals surface area contributed by atoms with Crippen molar-refractivity contribution >= 4 is 108 Å². The summed E-state index contributed by atoms with van der Waals surface area (Å²) in [4.78, 5) is 32.7. The Morgan fingerprint density at radius 2 is 0.755 bits per heavy atom. The van der Waals surface area contributed by atoms with E-state index in [9.17, 15) is 0 Å². The van der Waals surface area contributed by atoms with Gasteiger partial charge in [0.25, 0.3) is 23.5 Å². The molecule has 0 fully saturated rings. The lowest BCUT2D eigenvalue weighted by Crippen LogP contribution is -2.29. The van der Waals surface area contributed by atoms with Crippen LogP contribution in [0.5, 0.6) is 29.4 Å². The quantitative estimate of drug-likeness (QED) is 0.0269. The first-order chi connectivity index (χ1) is 50.5. The van der Waals surface area contributed by atoms with Crippen molar-refractivity contribution in [2.75, 3.05) is 158 Å². The number of hydrogen-bond donors (Lipinski definition) is 8. The number of nitrogens with one attached hydrogen (secondary N) is 4. The lowest BCUT2D eigenvalue weighted by atomic mass is 10.2. The van der Waals surface area contributed by atoms with E-state index >= 15 is 0 Å². The van der Waals surface area contributed by atoms with Gasteiger partial charge in [-0.1, -0.05) is 49.4 Å². The first-order valence-corrected chi connectivity index (χ1v) is 33.8. The van der Waals surface area contributed by atoms with Crippen LogP contribution in [0.25, 0.3) is 27.6 Å². The zero-order chi connectivity index (χ0) is 74.8. The van der Waals surface area contributed by atoms with Gasteiger partial charge in [0.1, 0.15) is 44.4 Å². The maximum absolute atomic E-state index is 8.57. The number of rotatable bonds is 24. The van der Waals surface area contributed by atoms with Crippen molar-refractivity contribution in [2.24, 2.45) is 31.4 Å². The van der Waals surface area contributed by atoms with E-state index in [0.717, 1.165) is 58.7 Å². The maximum Gasteiger partial charge on any atom is 0.260 e. The number of amidine groups is 4. The highest BCUT2D eigenvalue weighted by Crippen LogP contribution is 2.36. The molecule has 558 valence electrons. The smallest absolute Gasteiger partial charge is 0.260 e. The van der Waals surface area contributed by atoms with Crippen molar-refractivity contribution in [1.29, 1.82) is 10.8 Å². The molecule has 0 radical (unpaired) electrons. The number of anilines is 4. The normalized spacial score (nSPS) is 13.7. The van der Waals surface area contributed by atoms with Crippen LogP contribution in [0.15, 0.2) is 178 Å². The molecule has 0 aliphatic carbocycles. The third-order valence-corrected chi connectivity index (χ3v) is 15.8. The summed E-state index contributed by atoms with van der Waals surface area (Å²) in [7, 11) is 19.9. The van der Waals surface area contributed by atoms with Gasteiger partial charge >= 0.3 is 0 Å². The monoisotopic (exact) mass is 1460 g/mol. The average molecular weight is 1470 g/mol. The summed E-state index contributed by atoms with van der Waals surface area (Å²) in [5, 5.41) is 46.6. The zero-order valence-electron chi connectivity index (χ0n) is 60.6. The number of fused-ring (bicyclic) bond motifs is 5. The number of dihydropyridines is 2. The number of likely N-dealkylation sites (N-methyl/N-ethyl adjacent to an activating group) is 5. The van der Waals surface area contributed by atoms with E-state index in [1.807, 2.05) is 223 Å². The second-order valence-electron chi connectivity index (χ2n) is 25.2. The van der Waals surface area contributed by atoms with Gasteiger partial charge in [0.2, 0.25) is 5.88 Å². The Labute approximate surface area is 619 Å². The van der Waals surface area contributed by atoms with Gasteiger partial charge in [0.05, 0.1) is 68.0 Å². The van der Waals surface area contributed by atoms with E-state index in [4.69, 9.17) is 79.0 Å². The van der Waals surface area contributed by atoms with Crippen LogP contribution in [-0.2, 0) is 0 Å². The predicted octanol–water partition coefficient (Wildman–Crippen LogP) is 7.68. The summed E-state index contributed by atoms with van der Waals surface area (Å²) >= 11 is 5.49. The first-order valence-electron chi connectivity index (χ1n) is 33.4. The van der Waals surface area contributed by atoms with E-state index in [0.29, 0.717) is 109 Å². The number of ether oxygens (including phenoxy) is 5. The molecule has 0 bridgehead atoms. The first kappa shape index (κ1) is 78.1. The fourth-order valence-electron chi connectivity index (χ4n) is 9.93. The number of nitrogens with two attached hydrogens (primary N) is 4. The molecule has 34 heteroatoms. The molecule has 13 heterocycles. The SMILES string of the molecule is C.CN(C)CCOc1nn2ccccc2c1N=C1N=C(Nc2c(OCCN(C)C)nn3ccccc23)C(=N)C=C1N.CN(C)CCOc1nn2ccccc2c1N=C1N=C(Nc2c(OCCN(C)C)nn3ccccc23)C(=N)C=C1N.Cc1c(OCCN(C)C)nn2ccccc12.Nc1cnc(Cl)c(N)c1. The maximum atomic E-state index is 8.57. The Bertz CT molecular complexity index is 4810. The Hall–Kier alpha value is -12.0. The number of nitrogen functional groups attached to an aromatic ring is 2. The van der Waals surface area contributed by atoms with Gasteiger partial charge in [-0.25, -0.2) is 47.5 Å². The van der Waals surface area contributed by atoms with E-state index in [1.54, 1.807) is 24.1 Å². The molecule has 0 atom stereocenters. The molecule has 33 nitrogen and oxygen atoms in total. The van der Waals surface area contributed by atoms with Gasteiger partial charge in [-0.2, -0.15) is 0 Å². The molecule has 0 unspecified atom stereocenters. The van der Waals surface area contributed by atoms with Crippen molar-refractivity contribution < 1.29 is 23.7 Å². The number of aromatic nitrogens is 11. The Morgan fingerprint density at radius 3 is 1.10 bits per heavy atom. The molecule has 13 rings (SSSR count). The molecular formula is C72H93ClN28O5. The third kappa shape index (κ3) is 20.2. The minimum absolute atomic E-state index is 0. The van der Waals surface area contributed by atoms with Gasteiger partial charge in [-0.3, -0.25) is 10.8 Å². The van der Waals surface area contributed by atoms with Crippen molar-refractivity contribution in [3.05, 3.63) is 169 Å². The highest BCUT2D eigenvalue weighted by atomic mass is 35.5. The van der Waals surface area contributed by atoms with E-state index in [1.165, 1.54) is 18.3 Å². The zero-order valence-corrected chi connectivity index (χ0v) is 61.4. The molecule has 0 aromatic carbocycles. The summed E-state index contributed by atoms with van der Waals surface area (Å²) in [5.74, 6) is 3.28. The fourth-order valence-corrected chi connectivity index (χ4v) is 10.0. The summed E-state index contributed by atoms with van der Waals surface area (Å²) in [5.41, 5.74) is 32.4. The molecule has 11 aromatic rings. The molecule has 0 amide bonds. The summed E-state index contributed by atoms with van der Waals surface area (Å²) in [6.07, 6.45) is 13.7. The van der Waals surface area contributed by atoms with Crippen molar-refractivity contribution in [3.63, 3.8) is 0 Å². The van der Waals surface area contributed by atoms with Gasteiger partial charge in [-0.15, -0.1) is 25.5 Å². The van der Waals surface area contributed by atoms with Gasteiger partial charge in [-0.05, 0) is 156 Å². The van der Waals surface area contributed by atoms with Crippen LogP contribution in [0.3, 0.4) is 0 Å². The largest absolute Gasteiger partial charge is 0.475 e. The van der Waals surface area contributed by atoms with Crippen LogP contribution in [0.4, 0.5) is 34.1 Å². The van der Waals surface area contributed by atoms with Crippen molar-refractivity contribution in [3.8, 4) is 29.4 Å². The number of pyridine rings is 6. The van der Waals surface area contributed by atoms with E-state index in [-0.39, 0.29) is 53.6 Å². The molecule has 2 aliphatic rings. The second kappa shape index (κ2) is 36.4. The molecule has 2 aliphatic heterocycles. The van der Waals surface area contributed by atoms with Gasteiger partial charge < -0.3 is 81.8 Å². The van der Waals surface area contributed by atoms with Gasteiger partial charge in [0, 0.05) is 69.3 Å². The highest BCUT2D eigenvalue weighted by Gasteiger charge is 2.26. The fraction of sp³-hybridized carbons (Fsp3) is 0.306. The lowest BCUT2D eigenvalue weighted by Gasteiger charge is -2.16. The Kier molecular flexibility index (Phi) is 26.8. The number of aryl methyl sites for hydroxylation is 1. The molecule has 0 saturated carbocycles. The van der Waals surface area contributed by atoms with Crippen molar-refractivity contribution in [2.45, 2.75) is 14.4 Å². The molecular weight excluding hydrogens is 1370 g/mol. The summed E-state index contributed by atoms with van der Waals surface area (Å²) in [6.45, 7) is 8.23. The molecule has 11 aromatic heterocycles. The molecule has 106 heavy (non-hydrogen) atoms. The van der Waals surface area contributed by atoms with Crippen molar-refractivity contribution in [1.82, 2.24) is 77.6 Å². The minimum atomic E-state index is 0. The predicted molar refractivity (Wildman–Crippen MR) is 422 cm³/mol. The van der Waals surface area contributed by atoms with Crippen LogP contribution in [0.2, 0.25) is 5.15 Å². The topological polar surface area (TPSA) is 387 Å². The van der Waals surface area contributed by atoms with Crippen LogP contribution in [0.1, 0.15) is 13.0 Å². The molecule has 0 saturated heterocycles. The Balaban J connectivity index is 0.000000184. The lowest BCUT2D eigenvalue weighted by molar-refractivity contribution is 0.252. The standard InChI is InChI=1S/2C27H33N11O2.C12H17N3O.C5H6ClN3.CH4/c2*1-35(2)13-15-39-26-22(20-9-5-7-11-37(20)33-26)30-24-18(28)17-19(29)25(32-24)31-23-21-10-6-8-12-38(21)34-27(23)40-16-14-36(3)4;1-10-11-6-4-5-7-15(11)13-12(10)16-9-8-14(2)3;6-5-4(8)1-3(7)2-9-5;/h2*5-12,17,28H,13-16,29H2,1-4H3,(H,30,31,32);4-7H,8-9H2,1-3H3;1-2H,7-8H2;1H4. The number of halogens is 1. The molecule has 0 spiro atoms. The average Bonchev–Trinajstić information content (AvgIpc) is 1.71. The van der Waals surface area contributed by atoms with Crippen LogP contribution in [-0.4, -0.2) is 249 Å². The number of aliphatic imine (C=N–C) groups is 4. The number of hydrogen-bond acceptors (Lipinski definition) is 26. The molecule has 12 N–H and O–H groups in total. The summed E-state index contributed by atoms with van der Waals surface area (Å²) in [6, 6.07) is 30.4. The summed E-state index contributed by atoms with van der Waals surface area (Å²) < 4.78 is 38.3.